The fourth-order valence-corrected chi connectivity index (χ4v) is 5.27. The summed E-state index contributed by atoms with van der Waals surface area (Å²) in [5.74, 6) is -0.885. The Kier molecular flexibility index (Phi) is 6.07. The predicted octanol–water partition coefficient (Wildman–Crippen LogP) is 5.35. The molecular weight excluding hydrogens is 457 g/mol. The molecule has 1 fully saturated rings. The van der Waals surface area contributed by atoms with Gasteiger partial charge < -0.3 is 10.2 Å². The van der Waals surface area contributed by atoms with E-state index in [1.807, 2.05) is 49.6 Å². The number of thiophene rings is 1. The maximum Gasteiger partial charge on any atom is 0.261 e. The molecule has 0 atom stereocenters. The van der Waals surface area contributed by atoms with Gasteiger partial charge in [-0.15, -0.1) is 11.3 Å². The van der Waals surface area contributed by atoms with Crippen molar-refractivity contribution in [2.45, 2.75) is 39.8 Å². The van der Waals surface area contributed by atoms with E-state index in [0.29, 0.717) is 26.9 Å². The van der Waals surface area contributed by atoms with Gasteiger partial charge in [-0.3, -0.25) is 14.5 Å². The molecule has 2 aromatic carbocycles. The average molecular weight is 482 g/mol. The second-order valence-electron chi connectivity index (χ2n) is 8.55. The minimum absolute atomic E-state index is 0.0600. The van der Waals surface area contributed by atoms with Crippen LogP contribution in [0.2, 0.25) is 0 Å². The van der Waals surface area contributed by atoms with Crippen molar-refractivity contribution in [3.05, 3.63) is 81.3 Å². The number of thiocarbonyl (C=S) groups is 1. The van der Waals surface area contributed by atoms with Crippen molar-refractivity contribution < 1.29 is 14.0 Å². The van der Waals surface area contributed by atoms with Crippen LogP contribution >= 0.6 is 23.6 Å². The first-order valence-electron chi connectivity index (χ1n) is 10.5. The minimum atomic E-state index is -0.986. The first kappa shape index (κ1) is 23.1. The number of rotatable bonds is 5. The molecule has 0 bridgehead atoms. The number of halogens is 1. The largest absolute Gasteiger partial charge is 0.347 e. The van der Waals surface area contributed by atoms with Crippen molar-refractivity contribution in [3.8, 4) is 0 Å². The van der Waals surface area contributed by atoms with Crippen molar-refractivity contribution in [3.63, 3.8) is 0 Å². The maximum atomic E-state index is 15.0. The number of carbonyl (C=O) groups excluding carboxylic acids is 2. The van der Waals surface area contributed by atoms with E-state index in [2.05, 4.69) is 5.32 Å². The Labute approximate surface area is 201 Å². The standard InChI is InChI=1S/C25H24FN3O2S2/c1-15-6-5-7-18(12-15)28-23(31)25(3,4)29(24(28)32)19-9-8-17(20(26)13-19)14-27-22(30)21-16(2)10-11-33-21/h5-13H,14H2,1-4H3,(H,27,30). The summed E-state index contributed by atoms with van der Waals surface area (Å²) in [7, 11) is 0. The van der Waals surface area contributed by atoms with Crippen molar-refractivity contribution in [1.82, 2.24) is 5.32 Å². The maximum absolute atomic E-state index is 15.0. The summed E-state index contributed by atoms with van der Waals surface area (Å²) < 4.78 is 15.0. The normalized spacial score (nSPS) is 15.3. The zero-order chi connectivity index (χ0) is 23.9. The van der Waals surface area contributed by atoms with Crippen molar-refractivity contribution in [1.29, 1.82) is 0 Å². The highest BCUT2D eigenvalue weighted by atomic mass is 32.1. The van der Waals surface area contributed by atoms with Gasteiger partial charge in [-0.05, 0) is 86.8 Å². The van der Waals surface area contributed by atoms with Gasteiger partial charge in [-0.25, -0.2) is 4.39 Å². The molecular formula is C25H24FN3O2S2. The molecule has 1 aliphatic rings. The molecule has 0 unspecified atom stereocenters. The number of hydrogen-bond acceptors (Lipinski definition) is 4. The third-order valence-corrected chi connectivity index (χ3v) is 7.11. The van der Waals surface area contributed by atoms with E-state index in [-0.39, 0.29) is 18.4 Å². The summed E-state index contributed by atoms with van der Waals surface area (Å²) in [4.78, 5) is 29.4. The first-order chi connectivity index (χ1) is 15.6. The average Bonchev–Trinajstić information content (AvgIpc) is 3.25. The third kappa shape index (κ3) is 4.16. The van der Waals surface area contributed by atoms with Crippen LogP contribution in [0.25, 0.3) is 0 Å². The summed E-state index contributed by atoms with van der Waals surface area (Å²) in [6, 6.07) is 14.1. The lowest BCUT2D eigenvalue weighted by Crippen LogP contribution is -2.44. The lowest BCUT2D eigenvalue weighted by molar-refractivity contribution is -0.120. The van der Waals surface area contributed by atoms with Crippen molar-refractivity contribution in [2.24, 2.45) is 0 Å². The Bertz CT molecular complexity index is 1270. The smallest absolute Gasteiger partial charge is 0.261 e. The van der Waals surface area contributed by atoms with E-state index in [1.165, 1.54) is 22.3 Å². The third-order valence-electron chi connectivity index (χ3n) is 5.73. The second kappa shape index (κ2) is 8.68. The van der Waals surface area contributed by atoms with E-state index < -0.39 is 11.4 Å². The van der Waals surface area contributed by atoms with Gasteiger partial charge >= 0.3 is 0 Å². The Morgan fingerprint density at radius 3 is 2.52 bits per heavy atom. The van der Waals surface area contributed by atoms with E-state index in [4.69, 9.17) is 12.2 Å². The van der Waals surface area contributed by atoms with Gasteiger partial charge in [0, 0.05) is 17.8 Å². The molecule has 8 heteroatoms. The molecule has 2 amide bonds. The minimum Gasteiger partial charge on any atom is -0.347 e. The van der Waals surface area contributed by atoms with Crippen LogP contribution in [0, 0.1) is 19.7 Å². The van der Waals surface area contributed by atoms with Gasteiger partial charge in [0.15, 0.2) is 5.11 Å². The van der Waals surface area contributed by atoms with E-state index in [0.717, 1.165) is 11.1 Å². The Hall–Kier alpha value is -3.10. The molecule has 4 rings (SSSR count). The summed E-state index contributed by atoms with van der Waals surface area (Å²) >= 11 is 7.02. The monoisotopic (exact) mass is 481 g/mol. The quantitative estimate of drug-likeness (QED) is 0.499. The SMILES string of the molecule is Cc1cccc(N2C(=O)C(C)(C)N(c3ccc(CNC(=O)c4sccc4C)c(F)c3)C2=S)c1. The predicted molar refractivity (Wildman–Crippen MR) is 134 cm³/mol. The molecule has 33 heavy (non-hydrogen) atoms. The molecule has 1 aromatic heterocycles. The summed E-state index contributed by atoms with van der Waals surface area (Å²) in [5, 5.41) is 4.91. The van der Waals surface area contributed by atoms with Crippen LogP contribution in [-0.2, 0) is 11.3 Å². The zero-order valence-corrected chi connectivity index (χ0v) is 20.4. The number of nitrogens with zero attached hydrogens (tertiary/aromatic N) is 2. The molecule has 0 saturated carbocycles. The highest BCUT2D eigenvalue weighted by Crippen LogP contribution is 2.37. The Morgan fingerprint density at radius 2 is 1.88 bits per heavy atom. The number of amides is 2. The molecule has 1 N–H and O–H groups in total. The van der Waals surface area contributed by atoms with E-state index in [1.54, 1.807) is 30.9 Å². The van der Waals surface area contributed by atoms with Gasteiger partial charge in [0.2, 0.25) is 0 Å². The lowest BCUT2D eigenvalue weighted by atomic mass is 10.0. The molecule has 1 saturated heterocycles. The fourth-order valence-electron chi connectivity index (χ4n) is 3.90. The van der Waals surface area contributed by atoms with Gasteiger partial charge in [0.25, 0.3) is 11.8 Å². The van der Waals surface area contributed by atoms with Crippen LogP contribution in [0.4, 0.5) is 15.8 Å². The molecule has 0 spiro atoms. The molecule has 3 aromatic rings. The van der Waals surface area contributed by atoms with Crippen molar-refractivity contribution in [2.75, 3.05) is 9.80 Å². The fraction of sp³-hybridized carbons (Fsp3) is 0.240. The zero-order valence-electron chi connectivity index (χ0n) is 18.8. The number of benzene rings is 2. The summed E-state index contributed by atoms with van der Waals surface area (Å²) in [5.41, 5.74) is 2.43. The summed E-state index contributed by atoms with van der Waals surface area (Å²) in [6.07, 6.45) is 0. The van der Waals surface area contributed by atoms with Gasteiger partial charge in [0.1, 0.15) is 11.4 Å². The van der Waals surface area contributed by atoms with Crippen LogP contribution in [0.5, 0.6) is 0 Å². The van der Waals surface area contributed by atoms with Crippen LogP contribution < -0.4 is 15.1 Å². The molecule has 5 nitrogen and oxygen atoms in total. The number of carbonyl (C=O) groups is 2. The van der Waals surface area contributed by atoms with Crippen LogP contribution in [0.1, 0.15) is 40.2 Å². The van der Waals surface area contributed by atoms with Gasteiger partial charge in [-0.2, -0.15) is 0 Å². The van der Waals surface area contributed by atoms with Crippen LogP contribution in [0.15, 0.2) is 53.9 Å². The number of anilines is 2. The van der Waals surface area contributed by atoms with Crippen LogP contribution in [0.3, 0.4) is 0 Å². The molecule has 0 radical (unpaired) electrons. The van der Waals surface area contributed by atoms with E-state index in [9.17, 15) is 9.59 Å². The number of nitrogens with one attached hydrogen (secondary N) is 1. The van der Waals surface area contributed by atoms with E-state index >= 15 is 4.39 Å². The van der Waals surface area contributed by atoms with Gasteiger partial charge in [0.05, 0.1) is 10.6 Å². The highest BCUT2D eigenvalue weighted by molar-refractivity contribution is 7.81. The second-order valence-corrected chi connectivity index (χ2v) is 9.83. The number of hydrogen-bond donors (Lipinski definition) is 1. The molecule has 170 valence electrons. The lowest BCUT2D eigenvalue weighted by Gasteiger charge is -2.29. The topological polar surface area (TPSA) is 52.7 Å². The molecule has 2 heterocycles. The van der Waals surface area contributed by atoms with Crippen molar-refractivity contribution >= 4 is 51.9 Å². The summed E-state index contributed by atoms with van der Waals surface area (Å²) in [6.45, 7) is 7.41. The number of aryl methyl sites for hydroxylation is 2. The Morgan fingerprint density at radius 1 is 1.12 bits per heavy atom. The molecule has 1 aliphatic heterocycles. The van der Waals surface area contributed by atoms with Crippen LogP contribution in [-0.4, -0.2) is 22.5 Å². The highest BCUT2D eigenvalue weighted by Gasteiger charge is 2.50. The Balaban J connectivity index is 1.58. The van der Waals surface area contributed by atoms with Gasteiger partial charge in [-0.1, -0.05) is 18.2 Å². The molecule has 0 aliphatic carbocycles. The first-order valence-corrected chi connectivity index (χ1v) is 11.8.